The molecule has 1 aliphatic rings. The van der Waals surface area contributed by atoms with Crippen LogP contribution in [0.1, 0.15) is 38.4 Å². The molecule has 1 aromatic heterocycles. The fraction of sp³-hybridized carbons (Fsp3) is 0.500. The molecular formula is C24H33ClN6O6S. The lowest BCUT2D eigenvalue weighted by molar-refractivity contribution is 0.0775. The molecule has 2 aromatic rings. The zero-order chi connectivity index (χ0) is 27.9. The Morgan fingerprint density at radius 2 is 1.97 bits per heavy atom. The van der Waals surface area contributed by atoms with Gasteiger partial charge in [0.2, 0.25) is 16.0 Å². The molecule has 1 fully saturated rings. The van der Waals surface area contributed by atoms with E-state index in [1.54, 1.807) is 29.7 Å². The van der Waals surface area contributed by atoms with E-state index in [-0.39, 0.29) is 17.7 Å². The van der Waals surface area contributed by atoms with Gasteiger partial charge in [-0.25, -0.2) is 18.4 Å². The Balaban J connectivity index is 2.11. The third-order valence-corrected chi connectivity index (χ3v) is 7.82. The van der Waals surface area contributed by atoms with Crippen molar-refractivity contribution in [1.29, 1.82) is 0 Å². The van der Waals surface area contributed by atoms with E-state index in [1.165, 1.54) is 34.5 Å². The number of amidine groups is 1. The Hall–Kier alpha value is -3.00. The summed E-state index contributed by atoms with van der Waals surface area (Å²) >= 11 is 5.87. The summed E-state index contributed by atoms with van der Waals surface area (Å²) in [6, 6.07) is 5.25. The van der Waals surface area contributed by atoms with E-state index in [9.17, 15) is 8.42 Å². The molecule has 38 heavy (non-hydrogen) atoms. The second-order valence-electron chi connectivity index (χ2n) is 8.51. The van der Waals surface area contributed by atoms with Gasteiger partial charge in [-0.3, -0.25) is 9.29 Å². The van der Waals surface area contributed by atoms with Crippen LogP contribution < -0.4 is 14.2 Å². The summed E-state index contributed by atoms with van der Waals surface area (Å²) in [6.07, 6.45) is 1.91. The fourth-order valence-corrected chi connectivity index (χ4v) is 5.27. The third-order valence-electron chi connectivity index (χ3n) is 6.03. The van der Waals surface area contributed by atoms with E-state index < -0.39 is 21.4 Å². The molecule has 1 saturated heterocycles. The maximum atomic E-state index is 13.6. The van der Waals surface area contributed by atoms with Crippen molar-refractivity contribution in [2.45, 2.75) is 44.0 Å². The largest absolute Gasteiger partial charge is 0.494 e. The summed E-state index contributed by atoms with van der Waals surface area (Å²) in [4.78, 5) is 7.97. The second kappa shape index (κ2) is 13.2. The van der Waals surface area contributed by atoms with Gasteiger partial charge in [-0.05, 0) is 45.5 Å². The molecule has 12 nitrogen and oxygen atoms in total. The van der Waals surface area contributed by atoms with E-state index in [2.05, 4.69) is 31.6 Å². The first-order valence-electron chi connectivity index (χ1n) is 11.8. The van der Waals surface area contributed by atoms with Crippen LogP contribution in [0.15, 0.2) is 39.4 Å². The van der Waals surface area contributed by atoms with Gasteiger partial charge >= 0.3 is 0 Å². The molecule has 0 aliphatic carbocycles. The monoisotopic (exact) mass is 568 g/mol. The van der Waals surface area contributed by atoms with E-state index in [0.717, 1.165) is 12.8 Å². The van der Waals surface area contributed by atoms with Crippen molar-refractivity contribution in [3.63, 3.8) is 0 Å². The number of hydrogen-bond donors (Lipinski definition) is 1. The minimum Gasteiger partial charge on any atom is -0.494 e. The van der Waals surface area contributed by atoms with Crippen molar-refractivity contribution < 1.29 is 27.4 Å². The van der Waals surface area contributed by atoms with Gasteiger partial charge in [0.15, 0.2) is 5.84 Å². The molecule has 3 atom stereocenters. The van der Waals surface area contributed by atoms with E-state index >= 15 is 0 Å². The number of para-hydroxylation sites is 1. The number of nitrogens with zero attached hydrogens (tertiary/aromatic N) is 5. The summed E-state index contributed by atoms with van der Waals surface area (Å²) in [6.45, 7) is 7.65. The highest BCUT2D eigenvalue weighted by atomic mass is 35.5. The van der Waals surface area contributed by atoms with Crippen LogP contribution in [0.25, 0.3) is 5.69 Å². The van der Waals surface area contributed by atoms with Crippen molar-refractivity contribution in [2.75, 3.05) is 39.3 Å². The van der Waals surface area contributed by atoms with Crippen molar-refractivity contribution in [1.82, 2.24) is 14.8 Å². The molecule has 0 spiro atoms. The lowest BCUT2D eigenvalue weighted by atomic mass is 10.0. The van der Waals surface area contributed by atoms with Crippen LogP contribution in [0.3, 0.4) is 0 Å². The molecule has 1 N–H and O–H groups in total. The molecule has 208 valence electrons. The molecule has 3 rings (SSSR count). The van der Waals surface area contributed by atoms with Crippen LogP contribution in [0.5, 0.6) is 11.5 Å². The van der Waals surface area contributed by atoms with E-state index in [1.807, 2.05) is 0 Å². The van der Waals surface area contributed by atoms with Gasteiger partial charge in [-0.15, -0.1) is 10.2 Å². The molecule has 0 bridgehead atoms. The maximum Gasteiger partial charge on any atom is 0.243 e. The number of rotatable bonds is 11. The first kappa shape index (κ1) is 29.6. The molecule has 0 unspecified atom stereocenters. The van der Waals surface area contributed by atoms with Gasteiger partial charge in [0, 0.05) is 30.9 Å². The number of anilines is 1. The van der Waals surface area contributed by atoms with Crippen molar-refractivity contribution in [3.8, 4) is 17.2 Å². The Morgan fingerprint density at radius 3 is 2.50 bits per heavy atom. The topological polar surface area (TPSA) is 139 Å². The zero-order valence-electron chi connectivity index (χ0n) is 22.0. The first-order chi connectivity index (χ1) is 18.2. The maximum absolute atomic E-state index is 13.6. The summed E-state index contributed by atoms with van der Waals surface area (Å²) in [5.74, 6) is 1.29. The van der Waals surface area contributed by atoms with Gasteiger partial charge in [-0.1, -0.05) is 17.7 Å². The van der Waals surface area contributed by atoms with Gasteiger partial charge in [0.05, 0.1) is 20.8 Å². The Morgan fingerprint density at radius 1 is 1.29 bits per heavy atom. The first-order valence-corrected chi connectivity index (χ1v) is 13.8. The van der Waals surface area contributed by atoms with Gasteiger partial charge in [0.25, 0.3) is 0 Å². The Kier molecular flexibility index (Phi) is 10.3. The lowest BCUT2D eigenvalue weighted by Gasteiger charge is -2.25. The molecular weight excluding hydrogens is 536 g/mol. The number of nitrogens with one attached hydrogen (secondary N) is 1. The predicted molar refractivity (Wildman–Crippen MR) is 147 cm³/mol. The molecule has 14 heteroatoms. The molecule has 0 amide bonds. The summed E-state index contributed by atoms with van der Waals surface area (Å²) in [5.41, 5.74) is 0.453. The number of halogens is 1. The predicted octanol–water partition coefficient (Wildman–Crippen LogP) is 3.52. The van der Waals surface area contributed by atoms with Crippen LogP contribution in [0, 0.1) is 0 Å². The zero-order valence-corrected chi connectivity index (χ0v) is 23.6. The molecule has 1 aromatic carbocycles. The number of sulfonamides is 1. The minimum absolute atomic E-state index is 0.0448. The van der Waals surface area contributed by atoms with Crippen LogP contribution in [0.4, 0.5) is 5.95 Å². The van der Waals surface area contributed by atoms with Gasteiger partial charge in [0.1, 0.15) is 34.4 Å². The van der Waals surface area contributed by atoms with E-state index in [0.29, 0.717) is 41.3 Å². The Labute approximate surface area is 227 Å². The summed E-state index contributed by atoms with van der Waals surface area (Å²) in [7, 11) is 0.251. The minimum atomic E-state index is -4.14. The van der Waals surface area contributed by atoms with E-state index in [4.69, 9.17) is 30.5 Å². The fourth-order valence-electron chi connectivity index (χ4n) is 4.09. The molecule has 0 radical (unpaired) electrons. The quantitative estimate of drug-likeness (QED) is 0.321. The highest BCUT2D eigenvalue weighted by Gasteiger charge is 2.36. The average Bonchev–Trinajstić information content (AvgIpc) is 3.32. The average molecular weight is 569 g/mol. The summed E-state index contributed by atoms with van der Waals surface area (Å²) < 4.78 is 53.7. The SMILES string of the molecule is C=N/C(=N\C=C(/C)Cl)[C@@H](OC)[C@H](C)S(=O)(=O)Nc1nnc([C@H]2CCCOC2)n1-c1c(OC)cccc1OC. The van der Waals surface area contributed by atoms with Crippen molar-refractivity contribution >= 4 is 40.1 Å². The number of ether oxygens (including phenoxy) is 4. The van der Waals surface area contributed by atoms with Gasteiger partial charge in [-0.2, -0.15) is 0 Å². The second-order valence-corrected chi connectivity index (χ2v) is 11.1. The number of benzene rings is 1. The van der Waals surface area contributed by atoms with Crippen LogP contribution >= 0.6 is 11.6 Å². The number of hydrogen-bond acceptors (Lipinski definition) is 9. The summed E-state index contributed by atoms with van der Waals surface area (Å²) in [5, 5.41) is 7.80. The number of allylic oxidation sites excluding steroid dienone is 1. The Bertz CT molecular complexity index is 1260. The highest BCUT2D eigenvalue weighted by molar-refractivity contribution is 7.93. The normalized spacial score (nSPS) is 18.5. The highest BCUT2D eigenvalue weighted by Crippen LogP contribution is 2.38. The number of aliphatic imine (C=N–C) groups is 2. The van der Waals surface area contributed by atoms with Crippen LogP contribution in [0.2, 0.25) is 0 Å². The van der Waals surface area contributed by atoms with Crippen LogP contribution in [-0.4, -0.2) is 81.6 Å². The van der Waals surface area contributed by atoms with Crippen LogP contribution in [-0.2, 0) is 19.5 Å². The third kappa shape index (κ3) is 6.52. The van der Waals surface area contributed by atoms with Crippen molar-refractivity contribution in [3.05, 3.63) is 35.3 Å². The standard InChI is InChI=1S/C24H33ClN6O6S/c1-15(25)13-27-22(26-3)21(36-6)16(2)38(32,33)30-24-29-28-23(17-9-8-12-37-14-17)31(24)20-18(34-4)10-7-11-19(20)35-5/h7,10-11,13,16-17,21H,3,8-9,12,14H2,1-2,4-6H3,(H,29,30)/b15-13+,27-22-/t16-,17-,21-/m0/s1. The van der Waals surface area contributed by atoms with Crippen molar-refractivity contribution in [2.24, 2.45) is 9.98 Å². The smallest absolute Gasteiger partial charge is 0.243 e. The number of aromatic nitrogens is 3. The molecule has 1 aliphatic heterocycles. The molecule has 2 heterocycles. The lowest BCUT2D eigenvalue weighted by Crippen LogP contribution is -2.41. The molecule has 0 saturated carbocycles. The van der Waals surface area contributed by atoms with Gasteiger partial charge < -0.3 is 18.9 Å². The number of methoxy groups -OCH3 is 3.